The Morgan fingerprint density at radius 3 is 2.38 bits per heavy atom. The molecule has 180 valence electrons. The lowest BCUT2D eigenvalue weighted by molar-refractivity contribution is -0.113. The highest BCUT2D eigenvalue weighted by Gasteiger charge is 2.33. The number of allylic oxidation sites excluding steroid dienone is 1. The van der Waals surface area contributed by atoms with Crippen LogP contribution in [0.1, 0.15) is 42.7 Å². The number of para-hydroxylation sites is 1. The quantitative estimate of drug-likeness (QED) is 0.437. The van der Waals surface area contributed by atoms with Gasteiger partial charge in [0.1, 0.15) is 0 Å². The molecule has 0 saturated heterocycles. The van der Waals surface area contributed by atoms with Gasteiger partial charge in [-0.15, -0.1) is 0 Å². The Balaban J connectivity index is 2.04. The van der Waals surface area contributed by atoms with Crippen LogP contribution in [0.5, 0.6) is 11.5 Å². The van der Waals surface area contributed by atoms with Gasteiger partial charge < -0.3 is 30.2 Å². The Labute approximate surface area is 206 Å². The van der Waals surface area contributed by atoms with E-state index in [-0.39, 0.29) is 16.8 Å². The smallest absolute Gasteiger partial charge is 0.339 e. The molecule has 1 aliphatic heterocycles. The van der Waals surface area contributed by atoms with Crippen molar-refractivity contribution < 1.29 is 28.6 Å². The van der Waals surface area contributed by atoms with Gasteiger partial charge in [0.25, 0.3) is 5.91 Å². The van der Waals surface area contributed by atoms with Gasteiger partial charge in [-0.1, -0.05) is 28.1 Å². The molecule has 0 unspecified atom stereocenters. The normalized spacial score (nSPS) is 15.2. The van der Waals surface area contributed by atoms with E-state index in [1.54, 1.807) is 43.3 Å². The Bertz CT molecular complexity index is 1150. The highest BCUT2D eigenvalue weighted by molar-refractivity contribution is 9.10. The van der Waals surface area contributed by atoms with E-state index in [1.807, 2.05) is 13.8 Å². The molecule has 10 heteroatoms. The van der Waals surface area contributed by atoms with Gasteiger partial charge in [-0.05, 0) is 50.6 Å². The number of carbonyl (C=O) groups excluding carboxylic acids is 3. The molecule has 2 aromatic rings. The lowest BCUT2D eigenvalue weighted by Gasteiger charge is -2.30. The maximum atomic E-state index is 13.4. The molecule has 1 heterocycles. The second-order valence-electron chi connectivity index (χ2n) is 7.25. The first-order valence-corrected chi connectivity index (χ1v) is 11.5. The van der Waals surface area contributed by atoms with Crippen molar-refractivity contribution in [2.24, 2.45) is 0 Å². The lowest BCUT2D eigenvalue weighted by Crippen LogP contribution is -2.46. The maximum absolute atomic E-state index is 13.4. The summed E-state index contributed by atoms with van der Waals surface area (Å²) in [4.78, 5) is 37.9. The molecule has 0 bridgehead atoms. The Hall–Kier alpha value is -3.53. The number of amides is 3. The Morgan fingerprint density at radius 1 is 1.09 bits per heavy atom. The summed E-state index contributed by atoms with van der Waals surface area (Å²) in [6.45, 7) is 6.21. The number of methoxy groups -OCH3 is 1. The number of halogens is 1. The van der Waals surface area contributed by atoms with E-state index in [9.17, 15) is 14.4 Å². The second-order valence-corrected chi connectivity index (χ2v) is 8.10. The fourth-order valence-corrected chi connectivity index (χ4v) is 4.16. The number of rotatable bonds is 8. The highest BCUT2D eigenvalue weighted by Crippen LogP contribution is 2.40. The van der Waals surface area contributed by atoms with Crippen molar-refractivity contribution in [3.63, 3.8) is 0 Å². The van der Waals surface area contributed by atoms with Crippen LogP contribution in [0.3, 0.4) is 0 Å². The zero-order chi connectivity index (χ0) is 24.8. The van der Waals surface area contributed by atoms with Crippen LogP contribution in [0.15, 0.2) is 52.1 Å². The number of urea groups is 1. The summed E-state index contributed by atoms with van der Waals surface area (Å²) in [6.07, 6.45) is 0. The number of hydrogen-bond acceptors (Lipinski definition) is 6. The van der Waals surface area contributed by atoms with Crippen molar-refractivity contribution in [2.45, 2.75) is 26.8 Å². The zero-order valence-corrected chi connectivity index (χ0v) is 20.9. The fraction of sp³-hybridized carbons (Fsp3) is 0.292. The number of carbonyl (C=O) groups is 3. The van der Waals surface area contributed by atoms with E-state index >= 15 is 0 Å². The molecule has 0 aliphatic carbocycles. The average Bonchev–Trinajstić information content (AvgIpc) is 2.80. The number of benzene rings is 2. The van der Waals surface area contributed by atoms with Gasteiger partial charge in [0.05, 0.1) is 43.2 Å². The molecule has 3 amide bonds. The van der Waals surface area contributed by atoms with E-state index in [2.05, 4.69) is 31.9 Å². The van der Waals surface area contributed by atoms with E-state index in [1.165, 1.54) is 7.11 Å². The topological polar surface area (TPSA) is 115 Å². The first-order chi connectivity index (χ1) is 16.3. The van der Waals surface area contributed by atoms with Gasteiger partial charge in [0, 0.05) is 10.2 Å². The SMILES string of the molecule is CCOc1cc(Br)c([C@@H]2NC(=O)NC(C)=C2C(=O)Nc2ccccc2C(=O)OC)cc1OCC. The monoisotopic (exact) mass is 531 g/mol. The summed E-state index contributed by atoms with van der Waals surface area (Å²) >= 11 is 3.54. The first-order valence-electron chi connectivity index (χ1n) is 10.7. The molecule has 2 aromatic carbocycles. The molecule has 0 fully saturated rings. The van der Waals surface area contributed by atoms with Gasteiger partial charge in [0.15, 0.2) is 11.5 Å². The van der Waals surface area contributed by atoms with Crippen molar-refractivity contribution in [2.75, 3.05) is 25.6 Å². The summed E-state index contributed by atoms with van der Waals surface area (Å²) in [7, 11) is 1.27. The van der Waals surface area contributed by atoms with Crippen LogP contribution in [0, 0.1) is 0 Å². The van der Waals surface area contributed by atoms with Crippen molar-refractivity contribution >= 4 is 39.5 Å². The van der Waals surface area contributed by atoms with Crippen LogP contribution in [-0.2, 0) is 9.53 Å². The third-order valence-corrected chi connectivity index (χ3v) is 5.75. The van der Waals surface area contributed by atoms with E-state index in [0.717, 1.165) is 0 Å². The minimum Gasteiger partial charge on any atom is -0.490 e. The third-order valence-electron chi connectivity index (χ3n) is 5.07. The summed E-state index contributed by atoms with van der Waals surface area (Å²) in [5.74, 6) is -0.0448. The first kappa shape index (κ1) is 25.1. The number of nitrogens with one attached hydrogen (secondary N) is 3. The predicted molar refractivity (Wildman–Crippen MR) is 130 cm³/mol. The molecule has 34 heavy (non-hydrogen) atoms. The van der Waals surface area contributed by atoms with Crippen LogP contribution >= 0.6 is 15.9 Å². The molecule has 9 nitrogen and oxygen atoms in total. The average molecular weight is 532 g/mol. The maximum Gasteiger partial charge on any atom is 0.339 e. The minimum atomic E-state index is -0.803. The zero-order valence-electron chi connectivity index (χ0n) is 19.3. The van der Waals surface area contributed by atoms with E-state index in [0.29, 0.717) is 40.4 Å². The molecule has 0 aromatic heterocycles. The predicted octanol–water partition coefficient (Wildman–Crippen LogP) is 4.30. The van der Waals surface area contributed by atoms with Crippen molar-refractivity contribution in [1.29, 1.82) is 0 Å². The molecular weight excluding hydrogens is 506 g/mol. The van der Waals surface area contributed by atoms with Gasteiger partial charge >= 0.3 is 12.0 Å². The van der Waals surface area contributed by atoms with Gasteiger partial charge in [-0.3, -0.25) is 4.79 Å². The van der Waals surface area contributed by atoms with Crippen molar-refractivity contribution in [3.8, 4) is 11.5 Å². The number of hydrogen-bond donors (Lipinski definition) is 3. The number of ether oxygens (including phenoxy) is 3. The molecule has 0 spiro atoms. The fourth-order valence-electron chi connectivity index (χ4n) is 3.61. The Kier molecular flexibility index (Phi) is 8.17. The van der Waals surface area contributed by atoms with Gasteiger partial charge in [-0.25, -0.2) is 9.59 Å². The van der Waals surface area contributed by atoms with Crippen molar-refractivity contribution in [3.05, 3.63) is 63.3 Å². The van der Waals surface area contributed by atoms with Gasteiger partial charge in [0.2, 0.25) is 0 Å². The summed E-state index contributed by atoms with van der Waals surface area (Å²) in [5, 5.41) is 8.22. The van der Waals surface area contributed by atoms with E-state index < -0.39 is 23.9 Å². The second kappa shape index (κ2) is 11.1. The molecule has 3 N–H and O–H groups in total. The third kappa shape index (κ3) is 5.33. The molecule has 0 saturated carbocycles. The number of anilines is 1. The molecule has 0 radical (unpaired) electrons. The molecular formula is C24H26BrN3O6. The van der Waals surface area contributed by atoms with Crippen LogP contribution < -0.4 is 25.4 Å². The summed E-state index contributed by atoms with van der Waals surface area (Å²) in [5.41, 5.74) is 1.75. The van der Waals surface area contributed by atoms with Gasteiger partial charge in [-0.2, -0.15) is 0 Å². The van der Waals surface area contributed by atoms with Crippen LogP contribution in [0.2, 0.25) is 0 Å². The Morgan fingerprint density at radius 2 is 1.74 bits per heavy atom. The van der Waals surface area contributed by atoms with Crippen LogP contribution in [0.25, 0.3) is 0 Å². The largest absolute Gasteiger partial charge is 0.490 e. The standard InChI is InChI=1S/C24H26BrN3O6/c1-5-33-18-11-15(16(25)12-19(18)34-6-2)21-20(13(3)26-24(31)28-21)22(29)27-17-10-8-7-9-14(17)23(30)32-4/h7-12,21H,5-6H2,1-4H3,(H,27,29)(H2,26,28,31)/t21-/m0/s1. The summed E-state index contributed by atoms with van der Waals surface area (Å²) in [6, 6.07) is 8.74. The number of esters is 1. The van der Waals surface area contributed by atoms with E-state index in [4.69, 9.17) is 14.2 Å². The summed E-state index contributed by atoms with van der Waals surface area (Å²) < 4.78 is 16.8. The van der Waals surface area contributed by atoms with Crippen molar-refractivity contribution in [1.82, 2.24) is 10.6 Å². The molecule has 3 rings (SSSR count). The lowest BCUT2D eigenvalue weighted by atomic mass is 9.94. The molecule has 1 aliphatic rings. The molecule has 1 atom stereocenters. The van der Waals surface area contributed by atoms with Crippen LogP contribution in [-0.4, -0.2) is 38.2 Å². The minimum absolute atomic E-state index is 0.210. The highest BCUT2D eigenvalue weighted by atomic mass is 79.9. The van der Waals surface area contributed by atoms with Crippen LogP contribution in [0.4, 0.5) is 10.5 Å².